The first-order valence-electron chi connectivity index (χ1n) is 7.17. The average Bonchev–Trinajstić information content (AvgIpc) is 2.37. The molecule has 0 bridgehead atoms. The van der Waals surface area contributed by atoms with Gasteiger partial charge in [0.2, 0.25) is 0 Å². The summed E-state index contributed by atoms with van der Waals surface area (Å²) in [5.74, 6) is 0. The molecule has 0 fully saturated rings. The van der Waals surface area contributed by atoms with Gasteiger partial charge in [0.05, 0.1) is 19.8 Å². The molecule has 0 amide bonds. The quantitative estimate of drug-likeness (QED) is 0.404. The summed E-state index contributed by atoms with van der Waals surface area (Å²) in [6, 6.07) is 8.46. The summed E-state index contributed by atoms with van der Waals surface area (Å²) in [6.07, 6.45) is 1.77. The van der Waals surface area contributed by atoms with E-state index < -0.39 is 8.32 Å². The third-order valence-electron chi connectivity index (χ3n) is 3.93. The molecule has 2 nitrogen and oxygen atoms in total. The first-order chi connectivity index (χ1) is 9.26. The van der Waals surface area contributed by atoms with Crippen molar-refractivity contribution in [3.63, 3.8) is 0 Å². The molecule has 0 N–H and O–H groups in total. The van der Waals surface area contributed by atoms with Gasteiger partial charge in [-0.2, -0.15) is 0 Å². The highest BCUT2D eigenvalue weighted by atomic mass is 28.4. The normalized spacial score (nSPS) is 12.4. The molecule has 0 aliphatic heterocycles. The maximum atomic E-state index is 6.21. The smallest absolute Gasteiger partial charge is 0.192 e. The average molecular weight is 292 g/mol. The van der Waals surface area contributed by atoms with E-state index in [-0.39, 0.29) is 5.04 Å². The minimum atomic E-state index is -1.66. The first kappa shape index (κ1) is 17.1. The molecular weight excluding hydrogens is 264 g/mol. The molecule has 1 aromatic rings. The first-order valence-corrected chi connectivity index (χ1v) is 10.1. The number of rotatable bonds is 7. The Labute approximate surface area is 124 Å². The lowest BCUT2D eigenvalue weighted by Crippen LogP contribution is -2.40. The lowest BCUT2D eigenvalue weighted by atomic mass is 10.1. The Kier molecular flexibility index (Phi) is 6.18. The Morgan fingerprint density at radius 2 is 1.55 bits per heavy atom. The lowest BCUT2D eigenvalue weighted by Gasteiger charge is -2.36. The van der Waals surface area contributed by atoms with E-state index in [1.165, 1.54) is 11.1 Å². The Morgan fingerprint density at radius 1 is 1.05 bits per heavy atom. The van der Waals surface area contributed by atoms with Gasteiger partial charge in [0.15, 0.2) is 8.32 Å². The van der Waals surface area contributed by atoms with Gasteiger partial charge in [0, 0.05) is 0 Å². The summed E-state index contributed by atoms with van der Waals surface area (Å²) < 4.78 is 11.6. The monoisotopic (exact) mass is 292 g/mol. The summed E-state index contributed by atoms with van der Waals surface area (Å²) in [5.41, 5.74) is 2.41. The number of benzene rings is 1. The van der Waals surface area contributed by atoms with Crippen molar-refractivity contribution in [3.05, 3.63) is 48.0 Å². The van der Waals surface area contributed by atoms with Gasteiger partial charge >= 0.3 is 0 Å². The largest absolute Gasteiger partial charge is 0.413 e. The molecule has 0 saturated heterocycles. The second-order valence-electron chi connectivity index (χ2n) is 6.67. The van der Waals surface area contributed by atoms with Crippen LogP contribution in [-0.4, -0.2) is 14.9 Å². The third kappa shape index (κ3) is 5.23. The van der Waals surface area contributed by atoms with Gasteiger partial charge in [-0.05, 0) is 29.3 Å². The van der Waals surface area contributed by atoms with Crippen LogP contribution < -0.4 is 0 Å². The fraction of sp³-hybridized carbons (Fsp3) is 0.529. The summed E-state index contributed by atoms with van der Waals surface area (Å²) in [6.45, 7) is 16.9. The van der Waals surface area contributed by atoms with Crippen LogP contribution in [0, 0.1) is 0 Å². The molecule has 20 heavy (non-hydrogen) atoms. The number of ether oxygens (including phenoxy) is 1. The topological polar surface area (TPSA) is 18.5 Å². The van der Waals surface area contributed by atoms with Crippen LogP contribution in [0.4, 0.5) is 0 Å². The lowest BCUT2D eigenvalue weighted by molar-refractivity contribution is 0.149. The molecule has 0 unspecified atom stereocenters. The molecule has 0 saturated carbocycles. The molecule has 0 heterocycles. The van der Waals surface area contributed by atoms with Crippen LogP contribution in [0.3, 0.4) is 0 Å². The van der Waals surface area contributed by atoms with Crippen LogP contribution in [0.15, 0.2) is 36.9 Å². The van der Waals surface area contributed by atoms with Gasteiger partial charge in [0.25, 0.3) is 0 Å². The minimum Gasteiger partial charge on any atom is -0.413 e. The van der Waals surface area contributed by atoms with Gasteiger partial charge < -0.3 is 9.16 Å². The van der Waals surface area contributed by atoms with E-state index in [2.05, 4.69) is 64.7 Å². The molecule has 0 radical (unpaired) electrons. The predicted octanol–water partition coefficient (Wildman–Crippen LogP) is 4.91. The molecule has 0 aliphatic rings. The highest BCUT2D eigenvalue weighted by Gasteiger charge is 2.36. The van der Waals surface area contributed by atoms with Crippen molar-refractivity contribution in [2.75, 3.05) is 6.61 Å². The summed E-state index contributed by atoms with van der Waals surface area (Å²) in [4.78, 5) is 0. The number of hydrogen-bond acceptors (Lipinski definition) is 2. The van der Waals surface area contributed by atoms with E-state index in [4.69, 9.17) is 9.16 Å². The van der Waals surface area contributed by atoms with E-state index in [1.54, 1.807) is 6.08 Å². The van der Waals surface area contributed by atoms with Crippen LogP contribution in [0.2, 0.25) is 18.1 Å². The van der Waals surface area contributed by atoms with Crippen molar-refractivity contribution in [3.8, 4) is 0 Å². The van der Waals surface area contributed by atoms with E-state index in [0.717, 1.165) is 0 Å². The Balaban J connectivity index is 2.51. The molecule has 0 aromatic heterocycles. The zero-order valence-corrected chi connectivity index (χ0v) is 14.5. The zero-order chi connectivity index (χ0) is 15.2. The predicted molar refractivity (Wildman–Crippen MR) is 88.3 cm³/mol. The molecular formula is C17H28O2Si. The summed E-state index contributed by atoms with van der Waals surface area (Å²) >= 11 is 0. The molecule has 112 valence electrons. The van der Waals surface area contributed by atoms with Crippen molar-refractivity contribution in [1.29, 1.82) is 0 Å². The van der Waals surface area contributed by atoms with Crippen LogP contribution in [0.5, 0.6) is 0 Å². The minimum absolute atomic E-state index is 0.255. The van der Waals surface area contributed by atoms with E-state index in [1.807, 2.05) is 0 Å². The SMILES string of the molecule is C=CCOCc1ccc(CO[Si](C)(C)C(C)(C)C)cc1. The van der Waals surface area contributed by atoms with E-state index in [9.17, 15) is 0 Å². The molecule has 0 spiro atoms. The molecule has 3 heteroatoms. The van der Waals surface area contributed by atoms with Gasteiger partial charge in [-0.3, -0.25) is 0 Å². The maximum absolute atomic E-state index is 6.21. The van der Waals surface area contributed by atoms with E-state index in [0.29, 0.717) is 19.8 Å². The Hall–Kier alpha value is -0.903. The highest BCUT2D eigenvalue weighted by Crippen LogP contribution is 2.37. The molecule has 0 aliphatic carbocycles. The molecule has 1 rings (SSSR count). The van der Waals surface area contributed by atoms with Gasteiger partial charge in [-0.1, -0.05) is 51.1 Å². The van der Waals surface area contributed by atoms with Crippen LogP contribution in [0.1, 0.15) is 31.9 Å². The Bertz CT molecular complexity index is 416. The van der Waals surface area contributed by atoms with Crippen LogP contribution in [-0.2, 0) is 22.4 Å². The van der Waals surface area contributed by atoms with Crippen LogP contribution >= 0.6 is 0 Å². The van der Waals surface area contributed by atoms with Gasteiger partial charge in [-0.15, -0.1) is 6.58 Å². The zero-order valence-electron chi connectivity index (χ0n) is 13.5. The maximum Gasteiger partial charge on any atom is 0.192 e. The third-order valence-corrected chi connectivity index (χ3v) is 8.41. The number of hydrogen-bond donors (Lipinski definition) is 0. The standard InChI is InChI=1S/C17H28O2Si/c1-7-12-18-13-15-8-10-16(11-9-15)14-19-20(5,6)17(2,3)4/h7-11H,1,12-14H2,2-6H3. The van der Waals surface area contributed by atoms with Crippen LogP contribution in [0.25, 0.3) is 0 Å². The highest BCUT2D eigenvalue weighted by molar-refractivity contribution is 6.74. The van der Waals surface area contributed by atoms with Crippen molar-refractivity contribution in [2.45, 2.75) is 52.1 Å². The van der Waals surface area contributed by atoms with Gasteiger partial charge in [0.1, 0.15) is 0 Å². The van der Waals surface area contributed by atoms with Crippen molar-refractivity contribution in [1.82, 2.24) is 0 Å². The molecule has 1 aromatic carbocycles. The summed E-state index contributed by atoms with van der Waals surface area (Å²) in [7, 11) is -1.66. The fourth-order valence-electron chi connectivity index (χ4n) is 1.47. The molecule has 0 atom stereocenters. The van der Waals surface area contributed by atoms with Gasteiger partial charge in [-0.25, -0.2) is 0 Å². The summed E-state index contributed by atoms with van der Waals surface area (Å²) in [5, 5.41) is 0.255. The second-order valence-corrected chi connectivity index (χ2v) is 11.5. The van der Waals surface area contributed by atoms with Crippen molar-refractivity contribution in [2.24, 2.45) is 0 Å². The van der Waals surface area contributed by atoms with E-state index >= 15 is 0 Å². The Morgan fingerprint density at radius 3 is 2.00 bits per heavy atom. The van der Waals surface area contributed by atoms with Crippen molar-refractivity contribution < 1.29 is 9.16 Å². The van der Waals surface area contributed by atoms with Crippen molar-refractivity contribution >= 4 is 8.32 Å². The fourth-order valence-corrected chi connectivity index (χ4v) is 2.43. The second kappa shape index (κ2) is 7.20.